The molecule has 2 rings (SSSR count). The van der Waals surface area contributed by atoms with Gasteiger partial charge in [-0.1, -0.05) is 32.3 Å². The van der Waals surface area contributed by atoms with Crippen LogP contribution in [0.3, 0.4) is 0 Å². The van der Waals surface area contributed by atoms with Crippen LogP contribution in [0.1, 0.15) is 58.1 Å². The van der Waals surface area contributed by atoms with Gasteiger partial charge < -0.3 is 20.9 Å². The van der Waals surface area contributed by atoms with Gasteiger partial charge >= 0.3 is 5.97 Å². The summed E-state index contributed by atoms with van der Waals surface area (Å²) in [5, 5.41) is 0. The molecular weight excluding hydrogens is 406 g/mol. The first-order valence-corrected chi connectivity index (χ1v) is 11.2. The Labute approximate surface area is 182 Å². The Bertz CT molecular complexity index is 753. The van der Waals surface area contributed by atoms with Crippen molar-refractivity contribution in [3.8, 4) is 5.88 Å². The molecule has 1 amide bonds. The molecule has 0 radical (unpaired) electrons. The summed E-state index contributed by atoms with van der Waals surface area (Å²) in [6, 6.07) is -1.05. The maximum absolute atomic E-state index is 12.2. The number of likely N-dealkylation sites (N-methyl/N-ethyl adjacent to an activating group) is 1. The lowest BCUT2D eigenvalue weighted by atomic mass is 10.0. The fraction of sp³-hybridized carbons (Fsp3) is 0.700. The van der Waals surface area contributed by atoms with E-state index in [2.05, 4.69) is 21.7 Å². The summed E-state index contributed by atoms with van der Waals surface area (Å²) in [6.45, 7) is 6.06. The quantitative estimate of drug-likeness (QED) is 0.288. The van der Waals surface area contributed by atoms with E-state index in [4.69, 9.17) is 20.9 Å². The van der Waals surface area contributed by atoms with Crippen LogP contribution in [0.25, 0.3) is 5.57 Å². The average molecular weight is 441 g/mol. The Morgan fingerprint density at radius 3 is 2.77 bits per heavy atom. The van der Waals surface area contributed by atoms with Crippen LogP contribution in [0.5, 0.6) is 5.88 Å². The molecule has 0 saturated carbocycles. The van der Waals surface area contributed by atoms with Gasteiger partial charge in [-0.05, 0) is 6.42 Å². The number of amides is 1. The summed E-state index contributed by atoms with van der Waals surface area (Å²) in [7, 11) is 2.02. The number of quaternary nitrogens is 1. The van der Waals surface area contributed by atoms with Crippen molar-refractivity contribution in [1.29, 1.82) is 0 Å². The number of primary amides is 1. The van der Waals surface area contributed by atoms with Crippen LogP contribution in [0.4, 0.5) is 0 Å². The molecule has 0 aromatic carbocycles. The summed E-state index contributed by atoms with van der Waals surface area (Å²) in [5.74, 6) is -0.679. The molecule has 1 aliphatic rings. The van der Waals surface area contributed by atoms with Gasteiger partial charge in [-0.15, -0.1) is 4.37 Å². The summed E-state index contributed by atoms with van der Waals surface area (Å²) in [5.41, 5.74) is 12.6. The van der Waals surface area contributed by atoms with Crippen molar-refractivity contribution in [3.63, 3.8) is 0 Å². The van der Waals surface area contributed by atoms with Gasteiger partial charge in [0.2, 0.25) is 12.1 Å². The molecule has 1 aromatic rings. The van der Waals surface area contributed by atoms with Crippen LogP contribution in [0.2, 0.25) is 0 Å². The number of hydrogen-bond acceptors (Lipinski definition) is 8. The Hall–Kier alpha value is -2.04. The minimum atomic E-state index is -1.05. The number of aromatic nitrogens is 2. The standard InChI is InChI=1S/C20H33N5O4S/c1-4-5-6-7-11-28-19-18(23-30-24-19)15-9-8-10-25(3,13-15)14(2)29-20(27)16(21)12-17(22)26/h9,14,16H,4-8,10-13,21H2,1-3H3,(H-,22,26)/p+1/t14-,16-,25?/m0/s1. The van der Waals surface area contributed by atoms with E-state index >= 15 is 0 Å². The lowest BCUT2D eigenvalue weighted by Gasteiger charge is -2.41. The zero-order chi connectivity index (χ0) is 22.1. The van der Waals surface area contributed by atoms with E-state index in [-0.39, 0.29) is 6.42 Å². The maximum Gasteiger partial charge on any atom is 0.327 e. The molecule has 0 fully saturated rings. The molecule has 2 heterocycles. The zero-order valence-electron chi connectivity index (χ0n) is 18.1. The molecule has 3 atom stereocenters. The van der Waals surface area contributed by atoms with E-state index in [0.717, 1.165) is 48.8 Å². The van der Waals surface area contributed by atoms with Gasteiger partial charge in [-0.3, -0.25) is 14.1 Å². The molecule has 9 nitrogen and oxygen atoms in total. The molecule has 10 heteroatoms. The summed E-state index contributed by atoms with van der Waals surface area (Å²) in [6.07, 6.45) is 6.81. The number of ether oxygens (including phenoxy) is 2. The van der Waals surface area contributed by atoms with Crippen LogP contribution in [-0.2, 0) is 14.3 Å². The molecular formula is C20H34N5O4S+. The monoisotopic (exact) mass is 440 g/mol. The second-order valence-electron chi connectivity index (χ2n) is 8.02. The van der Waals surface area contributed by atoms with Gasteiger partial charge in [0.1, 0.15) is 18.3 Å². The highest BCUT2D eigenvalue weighted by Gasteiger charge is 2.37. The molecule has 0 bridgehead atoms. The lowest BCUT2D eigenvalue weighted by Crippen LogP contribution is -2.56. The number of nitrogens with two attached hydrogens (primary N) is 2. The van der Waals surface area contributed by atoms with E-state index in [0.29, 0.717) is 23.5 Å². The third-order valence-corrected chi connectivity index (χ3v) is 5.96. The Kier molecular flexibility index (Phi) is 9.19. The van der Waals surface area contributed by atoms with E-state index in [1.807, 2.05) is 14.0 Å². The average Bonchev–Trinajstić information content (AvgIpc) is 3.16. The molecule has 168 valence electrons. The van der Waals surface area contributed by atoms with Crippen LogP contribution < -0.4 is 16.2 Å². The number of esters is 1. The van der Waals surface area contributed by atoms with Crippen molar-refractivity contribution >= 4 is 29.2 Å². The van der Waals surface area contributed by atoms with Crippen LogP contribution >= 0.6 is 11.7 Å². The fourth-order valence-electron chi connectivity index (χ4n) is 3.40. The molecule has 1 aliphatic heterocycles. The van der Waals surface area contributed by atoms with Crippen molar-refractivity contribution in [2.24, 2.45) is 11.5 Å². The predicted molar refractivity (Wildman–Crippen MR) is 115 cm³/mol. The SMILES string of the molecule is CCCCCCOc1nsnc1C1=CCC[N+](C)([C@H](C)OC(=O)[C@@H](N)CC(N)=O)C1. The third kappa shape index (κ3) is 6.75. The topological polar surface area (TPSA) is 130 Å². The minimum Gasteiger partial charge on any atom is -0.475 e. The zero-order valence-corrected chi connectivity index (χ0v) is 19.0. The first-order chi connectivity index (χ1) is 14.3. The van der Waals surface area contributed by atoms with E-state index in [1.165, 1.54) is 12.8 Å². The highest BCUT2D eigenvalue weighted by Crippen LogP contribution is 2.31. The van der Waals surface area contributed by atoms with Crippen LogP contribution in [-0.4, -0.2) is 64.1 Å². The fourth-order valence-corrected chi connectivity index (χ4v) is 3.93. The third-order valence-electron chi connectivity index (χ3n) is 5.45. The normalized spacial score (nSPS) is 20.9. The second-order valence-corrected chi connectivity index (χ2v) is 8.55. The Balaban J connectivity index is 1.99. The maximum atomic E-state index is 12.2. The number of unbranched alkanes of at least 4 members (excludes halogenated alkanes) is 3. The van der Waals surface area contributed by atoms with E-state index in [9.17, 15) is 9.59 Å². The summed E-state index contributed by atoms with van der Waals surface area (Å²) >= 11 is 1.14. The molecule has 4 N–H and O–H groups in total. The molecule has 0 spiro atoms. The lowest BCUT2D eigenvalue weighted by molar-refractivity contribution is -0.944. The highest BCUT2D eigenvalue weighted by atomic mass is 32.1. The van der Waals surface area contributed by atoms with E-state index in [1.54, 1.807) is 0 Å². The van der Waals surface area contributed by atoms with Crippen molar-refractivity contribution in [2.75, 3.05) is 26.7 Å². The van der Waals surface area contributed by atoms with Crippen LogP contribution in [0, 0.1) is 0 Å². The smallest absolute Gasteiger partial charge is 0.327 e. The number of carbonyl (C=O) groups is 2. The molecule has 0 saturated heterocycles. The van der Waals surface area contributed by atoms with Crippen molar-refractivity contribution in [1.82, 2.24) is 8.75 Å². The first-order valence-electron chi connectivity index (χ1n) is 10.5. The highest BCUT2D eigenvalue weighted by molar-refractivity contribution is 6.99. The first kappa shape index (κ1) is 24.2. The van der Waals surface area contributed by atoms with Gasteiger partial charge in [-0.2, -0.15) is 4.37 Å². The molecule has 30 heavy (non-hydrogen) atoms. The van der Waals surface area contributed by atoms with Crippen molar-refractivity contribution < 1.29 is 23.5 Å². The number of carbonyl (C=O) groups excluding carboxylic acids is 2. The van der Waals surface area contributed by atoms with E-state index < -0.39 is 24.1 Å². The predicted octanol–water partition coefficient (Wildman–Crippen LogP) is 1.82. The minimum absolute atomic E-state index is 0.232. The van der Waals surface area contributed by atoms with Crippen LogP contribution in [0.15, 0.2) is 6.08 Å². The summed E-state index contributed by atoms with van der Waals surface area (Å²) in [4.78, 5) is 23.2. The van der Waals surface area contributed by atoms with Gasteiger partial charge in [0.25, 0.3) is 5.88 Å². The number of rotatable bonds is 12. The largest absolute Gasteiger partial charge is 0.475 e. The Morgan fingerprint density at radius 2 is 2.07 bits per heavy atom. The van der Waals surface area contributed by atoms with Crippen molar-refractivity contribution in [3.05, 3.63) is 11.8 Å². The molecule has 1 unspecified atom stereocenters. The molecule has 1 aromatic heterocycles. The van der Waals surface area contributed by atoms with Gasteiger partial charge in [0.05, 0.1) is 38.3 Å². The van der Waals surface area contributed by atoms with Gasteiger partial charge in [-0.25, -0.2) is 0 Å². The Morgan fingerprint density at radius 1 is 1.30 bits per heavy atom. The second kappa shape index (κ2) is 11.4. The number of hydrogen-bond donors (Lipinski definition) is 2. The molecule has 0 aliphatic carbocycles. The van der Waals surface area contributed by atoms with Gasteiger partial charge in [0.15, 0.2) is 0 Å². The summed E-state index contributed by atoms with van der Waals surface area (Å²) < 4.78 is 20.7. The number of nitrogens with zero attached hydrogens (tertiary/aromatic N) is 3. The van der Waals surface area contributed by atoms with Gasteiger partial charge in [0, 0.05) is 18.9 Å². The van der Waals surface area contributed by atoms with Crippen molar-refractivity contribution in [2.45, 2.75) is 64.6 Å².